The van der Waals surface area contributed by atoms with E-state index in [2.05, 4.69) is 0 Å². The third kappa shape index (κ3) is 4.12. The van der Waals surface area contributed by atoms with Crippen molar-refractivity contribution in [3.05, 3.63) is 0 Å². The standard InChI is InChI=1S/C9H12N2O2/c1-9(2,3)8(12)13-6-7(4-10)5-11/h7H,6H2,1-3H3. The van der Waals surface area contributed by atoms with Gasteiger partial charge in [0.25, 0.3) is 0 Å². The molecule has 0 atom stereocenters. The van der Waals surface area contributed by atoms with Crippen molar-refractivity contribution in [2.45, 2.75) is 20.8 Å². The fourth-order valence-electron chi connectivity index (χ4n) is 0.479. The fraction of sp³-hybridized carbons (Fsp3) is 0.667. The molecule has 0 aromatic carbocycles. The first-order valence-corrected chi connectivity index (χ1v) is 3.88. The van der Waals surface area contributed by atoms with E-state index in [1.165, 1.54) is 0 Å². The molecule has 0 bridgehead atoms. The normalized spacial score (nSPS) is 10.3. The van der Waals surface area contributed by atoms with Gasteiger partial charge in [0.2, 0.25) is 0 Å². The molecule has 0 aliphatic heterocycles. The first-order valence-electron chi connectivity index (χ1n) is 3.88. The Hall–Kier alpha value is -1.55. The summed E-state index contributed by atoms with van der Waals surface area (Å²) in [4.78, 5) is 11.2. The molecule has 0 saturated heterocycles. The average molecular weight is 180 g/mol. The van der Waals surface area contributed by atoms with Gasteiger partial charge in [0, 0.05) is 0 Å². The van der Waals surface area contributed by atoms with E-state index in [9.17, 15) is 4.79 Å². The summed E-state index contributed by atoms with van der Waals surface area (Å²) in [5.41, 5.74) is -0.588. The van der Waals surface area contributed by atoms with Gasteiger partial charge in [0.15, 0.2) is 5.92 Å². The summed E-state index contributed by atoms with van der Waals surface area (Å²) in [6.45, 7) is 4.98. The van der Waals surface area contributed by atoms with Crippen LogP contribution in [0.25, 0.3) is 0 Å². The van der Waals surface area contributed by atoms with Crippen molar-refractivity contribution in [2.75, 3.05) is 6.61 Å². The molecule has 0 aromatic rings. The molecule has 0 unspecified atom stereocenters. The first kappa shape index (κ1) is 11.4. The predicted octanol–water partition coefficient (Wildman–Crippen LogP) is 1.24. The Morgan fingerprint density at radius 2 is 1.85 bits per heavy atom. The quantitative estimate of drug-likeness (QED) is 0.599. The van der Waals surface area contributed by atoms with Crippen LogP contribution < -0.4 is 0 Å². The Morgan fingerprint density at radius 1 is 1.38 bits per heavy atom. The Bertz CT molecular complexity index is 251. The summed E-state index contributed by atoms with van der Waals surface area (Å²) in [5.74, 6) is -1.27. The number of rotatable bonds is 2. The van der Waals surface area contributed by atoms with Gasteiger partial charge in [-0.1, -0.05) is 0 Å². The van der Waals surface area contributed by atoms with E-state index in [1.807, 2.05) is 0 Å². The zero-order chi connectivity index (χ0) is 10.5. The number of hydrogen-bond donors (Lipinski definition) is 0. The highest BCUT2D eigenvalue weighted by molar-refractivity contribution is 5.75. The number of esters is 1. The van der Waals surface area contributed by atoms with E-state index in [4.69, 9.17) is 15.3 Å². The largest absolute Gasteiger partial charge is 0.463 e. The van der Waals surface area contributed by atoms with E-state index >= 15 is 0 Å². The van der Waals surface area contributed by atoms with Gasteiger partial charge < -0.3 is 4.74 Å². The van der Waals surface area contributed by atoms with Crippen LogP contribution in [0, 0.1) is 34.0 Å². The molecule has 0 aromatic heterocycles. The predicted molar refractivity (Wildman–Crippen MR) is 45.1 cm³/mol. The fourth-order valence-corrected chi connectivity index (χ4v) is 0.479. The number of nitrogens with zero attached hydrogens (tertiary/aromatic N) is 2. The summed E-state index contributed by atoms with van der Waals surface area (Å²) in [5, 5.41) is 16.8. The van der Waals surface area contributed by atoms with Crippen LogP contribution in [0.3, 0.4) is 0 Å². The molecule has 13 heavy (non-hydrogen) atoms. The molecular weight excluding hydrogens is 168 g/mol. The maximum Gasteiger partial charge on any atom is 0.311 e. The Labute approximate surface area is 77.7 Å². The van der Waals surface area contributed by atoms with E-state index in [-0.39, 0.29) is 6.61 Å². The van der Waals surface area contributed by atoms with Gasteiger partial charge in [0.05, 0.1) is 17.6 Å². The third-order valence-electron chi connectivity index (χ3n) is 1.31. The average Bonchev–Trinajstić information content (AvgIpc) is 2.04. The summed E-state index contributed by atoms with van der Waals surface area (Å²) in [7, 11) is 0. The molecule has 0 aliphatic rings. The van der Waals surface area contributed by atoms with E-state index < -0.39 is 17.3 Å². The summed E-state index contributed by atoms with van der Waals surface area (Å²) in [6, 6.07) is 3.44. The lowest BCUT2D eigenvalue weighted by Crippen LogP contribution is -2.24. The highest BCUT2D eigenvalue weighted by Crippen LogP contribution is 2.15. The van der Waals surface area contributed by atoms with Crippen molar-refractivity contribution in [3.63, 3.8) is 0 Å². The van der Waals surface area contributed by atoms with Crippen molar-refractivity contribution in [1.82, 2.24) is 0 Å². The van der Waals surface area contributed by atoms with Gasteiger partial charge in [-0.3, -0.25) is 4.79 Å². The Morgan fingerprint density at radius 3 is 2.15 bits per heavy atom. The van der Waals surface area contributed by atoms with Crippen molar-refractivity contribution < 1.29 is 9.53 Å². The van der Waals surface area contributed by atoms with E-state index in [0.29, 0.717) is 0 Å². The van der Waals surface area contributed by atoms with Crippen molar-refractivity contribution >= 4 is 5.97 Å². The highest BCUT2D eigenvalue weighted by atomic mass is 16.5. The number of hydrogen-bond acceptors (Lipinski definition) is 4. The van der Waals surface area contributed by atoms with Gasteiger partial charge in [-0.15, -0.1) is 0 Å². The topological polar surface area (TPSA) is 73.9 Å². The van der Waals surface area contributed by atoms with E-state index in [1.54, 1.807) is 32.9 Å². The maximum atomic E-state index is 11.2. The van der Waals surface area contributed by atoms with Gasteiger partial charge >= 0.3 is 5.97 Å². The zero-order valence-corrected chi connectivity index (χ0v) is 8.00. The molecule has 0 N–H and O–H groups in total. The number of nitriles is 2. The van der Waals surface area contributed by atoms with Gasteiger partial charge in [0.1, 0.15) is 6.61 Å². The summed E-state index contributed by atoms with van der Waals surface area (Å²) in [6.07, 6.45) is 0. The highest BCUT2D eigenvalue weighted by Gasteiger charge is 2.23. The minimum atomic E-state index is -0.869. The molecule has 0 fully saturated rings. The number of carbonyl (C=O) groups is 1. The lowest BCUT2D eigenvalue weighted by atomic mass is 9.97. The van der Waals surface area contributed by atoms with Crippen LogP contribution >= 0.6 is 0 Å². The summed E-state index contributed by atoms with van der Waals surface area (Å²) >= 11 is 0. The van der Waals surface area contributed by atoms with Crippen molar-refractivity contribution in [1.29, 1.82) is 10.5 Å². The lowest BCUT2D eigenvalue weighted by Gasteiger charge is -2.16. The SMILES string of the molecule is CC(C)(C)C(=O)OCC(C#N)C#N. The molecule has 0 spiro atoms. The number of ether oxygens (including phenoxy) is 1. The smallest absolute Gasteiger partial charge is 0.311 e. The van der Waals surface area contributed by atoms with Crippen molar-refractivity contribution in [2.24, 2.45) is 11.3 Å². The molecule has 4 nitrogen and oxygen atoms in total. The number of carbonyl (C=O) groups excluding carboxylic acids is 1. The Kier molecular flexibility index (Phi) is 3.94. The van der Waals surface area contributed by atoms with Crippen LogP contribution in [0.2, 0.25) is 0 Å². The lowest BCUT2D eigenvalue weighted by molar-refractivity contribution is -0.153. The molecule has 0 radical (unpaired) electrons. The van der Waals surface area contributed by atoms with Gasteiger partial charge in [-0.2, -0.15) is 10.5 Å². The van der Waals surface area contributed by atoms with Gasteiger partial charge in [-0.25, -0.2) is 0 Å². The van der Waals surface area contributed by atoms with Crippen LogP contribution in [0.15, 0.2) is 0 Å². The molecule has 4 heteroatoms. The molecule has 0 rings (SSSR count). The van der Waals surface area contributed by atoms with Crippen LogP contribution in [-0.4, -0.2) is 12.6 Å². The second-order valence-corrected chi connectivity index (χ2v) is 3.66. The monoisotopic (exact) mass is 180 g/mol. The van der Waals surface area contributed by atoms with Crippen LogP contribution in [0.4, 0.5) is 0 Å². The van der Waals surface area contributed by atoms with E-state index in [0.717, 1.165) is 0 Å². The molecule has 0 saturated carbocycles. The maximum absolute atomic E-state index is 11.2. The van der Waals surface area contributed by atoms with Crippen LogP contribution in [-0.2, 0) is 9.53 Å². The second kappa shape index (κ2) is 4.47. The molecule has 0 amide bonds. The first-order chi connectivity index (χ1) is 5.91. The summed E-state index contributed by atoms with van der Waals surface area (Å²) < 4.78 is 4.77. The molecule has 70 valence electrons. The Balaban J connectivity index is 4.00. The third-order valence-corrected chi connectivity index (χ3v) is 1.31. The van der Waals surface area contributed by atoms with Crippen LogP contribution in [0.5, 0.6) is 0 Å². The molecular formula is C9H12N2O2. The zero-order valence-electron chi connectivity index (χ0n) is 8.00. The minimum Gasteiger partial charge on any atom is -0.463 e. The molecule has 0 aliphatic carbocycles. The van der Waals surface area contributed by atoms with Gasteiger partial charge in [-0.05, 0) is 20.8 Å². The van der Waals surface area contributed by atoms with Crippen LogP contribution in [0.1, 0.15) is 20.8 Å². The minimum absolute atomic E-state index is 0.150. The molecule has 0 heterocycles. The second-order valence-electron chi connectivity index (χ2n) is 3.66. The van der Waals surface area contributed by atoms with Crippen molar-refractivity contribution in [3.8, 4) is 12.1 Å².